The lowest BCUT2D eigenvalue weighted by molar-refractivity contribution is 0.531. The van der Waals surface area contributed by atoms with Gasteiger partial charge in [-0.15, -0.1) is 0 Å². The molecule has 0 bridgehead atoms. The summed E-state index contributed by atoms with van der Waals surface area (Å²) in [6.45, 7) is 0.850. The quantitative estimate of drug-likeness (QED) is 0.839. The molecule has 2 nitrogen and oxygen atoms in total. The lowest BCUT2D eigenvalue weighted by Gasteiger charge is -2.13. The van der Waals surface area contributed by atoms with Crippen molar-refractivity contribution in [3.05, 3.63) is 58.4 Å². The molecule has 1 N–H and O–H groups in total. The molecule has 0 aliphatic heterocycles. The summed E-state index contributed by atoms with van der Waals surface area (Å²) < 4.78 is 2.28. The highest BCUT2D eigenvalue weighted by atomic mass is 35.5. The molecule has 0 fully saturated rings. The minimum atomic E-state index is 0.500. The molecule has 0 radical (unpaired) electrons. The number of hydrogen-bond acceptors (Lipinski definition) is 1. The number of hydrogen-bond donors (Lipinski definition) is 1. The van der Waals surface area contributed by atoms with Crippen LogP contribution in [0.4, 0.5) is 0 Å². The van der Waals surface area contributed by atoms with E-state index in [2.05, 4.69) is 35.4 Å². The molecule has 1 aromatic heterocycles. The van der Waals surface area contributed by atoms with E-state index in [-0.39, 0.29) is 0 Å². The molecule has 0 spiro atoms. The fraction of sp³-hybridized carbons (Fsp3) is 0.412. The number of aromatic nitrogens is 1. The van der Waals surface area contributed by atoms with Crippen LogP contribution in [0.2, 0.25) is 5.02 Å². The van der Waals surface area contributed by atoms with Gasteiger partial charge in [0.05, 0.1) is 0 Å². The molecule has 0 saturated heterocycles. The zero-order valence-electron chi connectivity index (χ0n) is 11.9. The van der Waals surface area contributed by atoms with Crippen LogP contribution in [0.25, 0.3) is 0 Å². The van der Waals surface area contributed by atoms with Crippen LogP contribution in [-0.2, 0) is 13.0 Å². The van der Waals surface area contributed by atoms with Crippen LogP contribution in [-0.4, -0.2) is 11.6 Å². The maximum absolute atomic E-state index is 6.26. The average Bonchev–Trinajstić information content (AvgIpc) is 2.75. The van der Waals surface area contributed by atoms with E-state index in [1.807, 2.05) is 18.2 Å². The van der Waals surface area contributed by atoms with Gasteiger partial charge in [0, 0.05) is 30.0 Å². The Bertz CT molecular complexity index is 588. The van der Waals surface area contributed by atoms with Crippen molar-refractivity contribution in [1.82, 2.24) is 9.88 Å². The van der Waals surface area contributed by atoms with Crippen LogP contribution in [0.5, 0.6) is 0 Å². The normalized spacial score (nSPS) is 18.6. The first-order valence-electron chi connectivity index (χ1n) is 7.37. The molecule has 2 aromatic rings. The van der Waals surface area contributed by atoms with Crippen LogP contribution in [0, 0.1) is 0 Å². The molecule has 1 aliphatic rings. The lowest BCUT2D eigenvalue weighted by atomic mass is 10.1. The predicted octanol–water partition coefficient (Wildman–Crippen LogP) is 4.18. The van der Waals surface area contributed by atoms with Crippen molar-refractivity contribution < 1.29 is 0 Å². The van der Waals surface area contributed by atoms with E-state index in [4.69, 9.17) is 11.6 Å². The van der Waals surface area contributed by atoms with Crippen LogP contribution in [0.1, 0.15) is 42.0 Å². The smallest absolute Gasteiger partial charge is 0.0485 e. The van der Waals surface area contributed by atoms with Gasteiger partial charge in [-0.2, -0.15) is 0 Å². The summed E-state index contributed by atoms with van der Waals surface area (Å²) in [6, 6.07) is 8.59. The fourth-order valence-corrected chi connectivity index (χ4v) is 3.33. The Morgan fingerprint density at radius 3 is 2.90 bits per heavy atom. The van der Waals surface area contributed by atoms with Crippen molar-refractivity contribution in [2.45, 2.75) is 38.3 Å². The second-order valence-electron chi connectivity index (χ2n) is 5.59. The summed E-state index contributed by atoms with van der Waals surface area (Å²) in [5, 5.41) is 4.30. The van der Waals surface area contributed by atoms with Crippen molar-refractivity contribution in [2.75, 3.05) is 7.05 Å². The van der Waals surface area contributed by atoms with Crippen LogP contribution in [0.3, 0.4) is 0 Å². The Kier molecular flexibility index (Phi) is 4.13. The highest BCUT2D eigenvalue weighted by Crippen LogP contribution is 2.29. The third-order valence-electron chi connectivity index (χ3n) is 4.22. The van der Waals surface area contributed by atoms with Crippen molar-refractivity contribution in [1.29, 1.82) is 0 Å². The van der Waals surface area contributed by atoms with Gasteiger partial charge in [0.2, 0.25) is 0 Å². The first-order chi connectivity index (χ1) is 9.78. The third kappa shape index (κ3) is 2.77. The van der Waals surface area contributed by atoms with Gasteiger partial charge < -0.3 is 9.88 Å². The van der Waals surface area contributed by atoms with E-state index in [0.717, 1.165) is 11.6 Å². The highest BCUT2D eigenvalue weighted by Gasteiger charge is 2.19. The zero-order valence-corrected chi connectivity index (χ0v) is 12.7. The summed E-state index contributed by atoms with van der Waals surface area (Å²) in [7, 11) is 2.06. The van der Waals surface area contributed by atoms with E-state index in [1.54, 1.807) is 0 Å². The topological polar surface area (TPSA) is 17.0 Å². The molecule has 3 heteroatoms. The highest BCUT2D eigenvalue weighted by molar-refractivity contribution is 6.31. The predicted molar refractivity (Wildman–Crippen MR) is 84.3 cm³/mol. The first-order valence-corrected chi connectivity index (χ1v) is 7.75. The Hall–Kier alpha value is -1.25. The van der Waals surface area contributed by atoms with Crippen molar-refractivity contribution >= 4 is 11.6 Å². The Labute approximate surface area is 125 Å². The van der Waals surface area contributed by atoms with Gasteiger partial charge in [0.25, 0.3) is 0 Å². The fourth-order valence-electron chi connectivity index (χ4n) is 3.13. The van der Waals surface area contributed by atoms with Gasteiger partial charge in [0.1, 0.15) is 0 Å². The third-order valence-corrected chi connectivity index (χ3v) is 4.59. The number of aryl methyl sites for hydroxylation is 1. The maximum Gasteiger partial charge on any atom is 0.0485 e. The van der Waals surface area contributed by atoms with Crippen molar-refractivity contribution in [3.63, 3.8) is 0 Å². The molecule has 0 saturated carbocycles. The number of nitrogens with one attached hydrogen (secondary N) is 1. The minimum absolute atomic E-state index is 0.500. The van der Waals surface area contributed by atoms with Gasteiger partial charge in [-0.05, 0) is 49.1 Å². The van der Waals surface area contributed by atoms with Gasteiger partial charge in [-0.25, -0.2) is 0 Å². The lowest BCUT2D eigenvalue weighted by Crippen LogP contribution is -2.15. The molecule has 0 amide bonds. The van der Waals surface area contributed by atoms with Crippen molar-refractivity contribution in [3.8, 4) is 0 Å². The summed E-state index contributed by atoms with van der Waals surface area (Å²) in [5.41, 5.74) is 4.14. The summed E-state index contributed by atoms with van der Waals surface area (Å²) in [5.74, 6) is 0. The van der Waals surface area contributed by atoms with Gasteiger partial charge in [-0.3, -0.25) is 0 Å². The Morgan fingerprint density at radius 1 is 1.25 bits per heavy atom. The molecule has 20 heavy (non-hydrogen) atoms. The van der Waals surface area contributed by atoms with Gasteiger partial charge >= 0.3 is 0 Å². The van der Waals surface area contributed by atoms with E-state index < -0.39 is 0 Å². The summed E-state index contributed by atoms with van der Waals surface area (Å²) in [4.78, 5) is 0. The first kappa shape index (κ1) is 13.7. The second-order valence-corrected chi connectivity index (χ2v) is 6.00. The van der Waals surface area contributed by atoms with Gasteiger partial charge in [0.15, 0.2) is 0 Å². The summed E-state index contributed by atoms with van der Waals surface area (Å²) >= 11 is 6.26. The Morgan fingerprint density at radius 2 is 2.10 bits per heavy atom. The maximum atomic E-state index is 6.26. The van der Waals surface area contributed by atoms with Crippen LogP contribution < -0.4 is 5.32 Å². The van der Waals surface area contributed by atoms with Crippen LogP contribution >= 0.6 is 11.6 Å². The van der Waals surface area contributed by atoms with Crippen molar-refractivity contribution in [2.24, 2.45) is 0 Å². The van der Waals surface area contributed by atoms with Gasteiger partial charge in [-0.1, -0.05) is 36.2 Å². The number of benzene rings is 1. The molecule has 1 heterocycles. The van der Waals surface area contributed by atoms with E-state index in [1.165, 1.54) is 42.4 Å². The summed E-state index contributed by atoms with van der Waals surface area (Å²) in [6.07, 6.45) is 9.63. The van der Waals surface area contributed by atoms with Crippen LogP contribution in [0.15, 0.2) is 36.7 Å². The van der Waals surface area contributed by atoms with E-state index in [0.29, 0.717) is 6.04 Å². The SMILES string of the molecule is CNC1CCCCc2cn(Cc3ccccc3Cl)cc21. The molecular weight excluding hydrogens is 268 g/mol. The number of nitrogens with zero attached hydrogens (tertiary/aromatic N) is 1. The standard InChI is InChI=1S/C17H21ClN2/c1-19-17-9-5-3-6-13-10-20(12-15(13)17)11-14-7-2-4-8-16(14)18/h2,4,7-8,10,12,17,19H,3,5-6,9,11H2,1H3. The molecular formula is C17H21ClN2. The molecule has 1 aliphatic carbocycles. The number of halogens is 1. The van der Waals surface area contributed by atoms with E-state index >= 15 is 0 Å². The molecule has 1 unspecified atom stereocenters. The largest absolute Gasteiger partial charge is 0.349 e. The molecule has 1 atom stereocenters. The Balaban J connectivity index is 1.87. The van der Waals surface area contributed by atoms with E-state index in [9.17, 15) is 0 Å². The zero-order chi connectivity index (χ0) is 13.9. The number of rotatable bonds is 3. The monoisotopic (exact) mass is 288 g/mol. The molecule has 3 rings (SSSR count). The minimum Gasteiger partial charge on any atom is -0.349 e. The second kappa shape index (κ2) is 6.02. The average molecular weight is 289 g/mol. The number of fused-ring (bicyclic) bond motifs is 1. The molecule has 106 valence electrons. The molecule has 1 aromatic carbocycles.